The summed E-state index contributed by atoms with van der Waals surface area (Å²) >= 11 is 11.3. The van der Waals surface area contributed by atoms with Crippen LogP contribution in [0.2, 0.25) is 0 Å². The second-order valence-corrected chi connectivity index (χ2v) is 3.36. The predicted molar refractivity (Wildman–Crippen MR) is 34.8 cm³/mol. The average molecular weight is 350 g/mol. The molecule has 2 nitrogen and oxygen atoms in total. The summed E-state index contributed by atoms with van der Waals surface area (Å²) in [7, 11) is 0. The average Bonchev–Trinajstić information content (AvgIpc) is 1.82. The fraction of sp³-hybridized carbons (Fsp3) is 1.00. The summed E-state index contributed by atoms with van der Waals surface area (Å²) in [6, 6.07) is 0. The number of alkyl halides is 1. The zero-order chi connectivity index (χ0) is 6.20. The van der Waals surface area contributed by atoms with Crippen molar-refractivity contribution in [1.29, 1.82) is 0 Å². The molecule has 1 rings (SSSR count). The van der Waals surface area contributed by atoms with Crippen molar-refractivity contribution >= 4 is 23.4 Å². The molecular weight excluding hydrogens is 342 g/mol. The largest absolute Gasteiger partial charge is 0.312 e. The molecule has 1 aliphatic rings. The van der Waals surface area contributed by atoms with Gasteiger partial charge in [-0.1, -0.05) is 0 Å². The summed E-state index contributed by atoms with van der Waals surface area (Å²) in [6.45, 7) is 1.37. The normalized spacial score (nSPS) is 36.3. The van der Waals surface area contributed by atoms with Crippen LogP contribution < -0.4 is 5.73 Å². The van der Waals surface area contributed by atoms with Gasteiger partial charge in [0.1, 0.15) is 5.00 Å². The van der Waals surface area contributed by atoms with Gasteiger partial charge in [-0.15, -0.1) is 11.6 Å². The van der Waals surface area contributed by atoms with Crippen molar-refractivity contribution in [1.82, 2.24) is 4.42 Å². The van der Waals surface area contributed by atoms with Crippen LogP contribution in [0.5, 0.6) is 0 Å². The van der Waals surface area contributed by atoms with Crippen molar-refractivity contribution < 1.29 is 21.1 Å². The number of rotatable bonds is 0. The van der Waals surface area contributed by atoms with Gasteiger partial charge in [0.15, 0.2) is 0 Å². The molecule has 9 heavy (non-hydrogen) atoms. The van der Waals surface area contributed by atoms with Crippen molar-refractivity contribution in [2.45, 2.75) is 11.4 Å². The van der Waals surface area contributed by atoms with Gasteiger partial charge in [0.05, 0.1) is 0 Å². The van der Waals surface area contributed by atoms with E-state index in [0.29, 0.717) is 6.54 Å². The van der Waals surface area contributed by atoms with E-state index < -0.39 is 5.00 Å². The van der Waals surface area contributed by atoms with Gasteiger partial charge in [0.25, 0.3) is 0 Å². The van der Waals surface area contributed by atoms with E-state index in [4.69, 9.17) is 29.1 Å². The standard InChI is InChI=1S/C4H8Cl2N2.Pt/c5-4(7)1-2-8(6)3-4;/h1-3,7H2;/t4-;/m0./s1. The van der Waals surface area contributed by atoms with Crippen LogP contribution in [0.15, 0.2) is 0 Å². The Morgan fingerprint density at radius 3 is 2.22 bits per heavy atom. The van der Waals surface area contributed by atoms with E-state index in [1.54, 1.807) is 4.42 Å². The fourth-order valence-electron chi connectivity index (χ4n) is 0.751. The minimum absolute atomic E-state index is 0. The monoisotopic (exact) mass is 349 g/mol. The van der Waals surface area contributed by atoms with Crippen LogP contribution in [0.1, 0.15) is 6.42 Å². The van der Waals surface area contributed by atoms with Gasteiger partial charge < -0.3 is 5.73 Å². The van der Waals surface area contributed by atoms with Gasteiger partial charge in [-0.2, -0.15) is 0 Å². The molecule has 0 bridgehead atoms. The van der Waals surface area contributed by atoms with Crippen molar-refractivity contribution in [2.24, 2.45) is 5.73 Å². The summed E-state index contributed by atoms with van der Waals surface area (Å²) in [6.07, 6.45) is 0.776. The smallest absolute Gasteiger partial charge is 0.106 e. The van der Waals surface area contributed by atoms with Crippen molar-refractivity contribution in [3.63, 3.8) is 0 Å². The molecule has 2 N–H and O–H groups in total. The van der Waals surface area contributed by atoms with Crippen LogP contribution in [0.3, 0.4) is 0 Å². The van der Waals surface area contributed by atoms with Crippen molar-refractivity contribution in [3.8, 4) is 0 Å². The van der Waals surface area contributed by atoms with Crippen LogP contribution in [0.25, 0.3) is 0 Å². The molecule has 1 saturated heterocycles. The second-order valence-electron chi connectivity index (χ2n) is 2.13. The van der Waals surface area contributed by atoms with Gasteiger partial charge in [-0.05, 0) is 18.2 Å². The number of hydrogen-bond acceptors (Lipinski definition) is 2. The van der Waals surface area contributed by atoms with E-state index in [1.165, 1.54) is 0 Å². The third-order valence-corrected chi connectivity index (χ3v) is 1.80. The van der Waals surface area contributed by atoms with Gasteiger partial charge in [0, 0.05) is 34.2 Å². The maximum atomic E-state index is 5.71. The first kappa shape index (κ1) is 10.2. The molecule has 0 unspecified atom stereocenters. The molecular formula is C4H8Cl2N2Pt. The number of hydrogen-bond donors (Lipinski definition) is 1. The topological polar surface area (TPSA) is 29.3 Å². The summed E-state index contributed by atoms with van der Waals surface area (Å²) in [5, 5.41) is 0. The van der Waals surface area contributed by atoms with E-state index in [2.05, 4.69) is 0 Å². The van der Waals surface area contributed by atoms with E-state index in [9.17, 15) is 0 Å². The van der Waals surface area contributed by atoms with Crippen LogP contribution >= 0.6 is 23.4 Å². The van der Waals surface area contributed by atoms with Crippen molar-refractivity contribution in [3.05, 3.63) is 0 Å². The zero-order valence-corrected chi connectivity index (χ0v) is 8.50. The van der Waals surface area contributed by atoms with Crippen LogP contribution in [0.4, 0.5) is 0 Å². The molecule has 1 heterocycles. The summed E-state index contributed by atoms with van der Waals surface area (Å²) in [5.41, 5.74) is 5.51. The maximum Gasteiger partial charge on any atom is 0.106 e. The van der Waals surface area contributed by atoms with Crippen LogP contribution in [-0.4, -0.2) is 22.5 Å². The molecule has 0 aromatic rings. The van der Waals surface area contributed by atoms with Crippen LogP contribution in [-0.2, 0) is 21.1 Å². The van der Waals surface area contributed by atoms with Gasteiger partial charge >= 0.3 is 0 Å². The molecule has 5 heteroatoms. The molecule has 0 spiro atoms. The van der Waals surface area contributed by atoms with E-state index in [0.717, 1.165) is 13.0 Å². The van der Waals surface area contributed by atoms with Crippen molar-refractivity contribution in [2.75, 3.05) is 13.1 Å². The first-order chi connectivity index (χ1) is 3.60. The zero-order valence-electron chi connectivity index (χ0n) is 4.72. The molecule has 1 fully saturated rings. The molecule has 0 saturated carbocycles. The van der Waals surface area contributed by atoms with E-state index >= 15 is 0 Å². The van der Waals surface area contributed by atoms with Crippen LogP contribution in [0, 0.1) is 0 Å². The minimum Gasteiger partial charge on any atom is -0.312 e. The number of halogens is 2. The van der Waals surface area contributed by atoms with Gasteiger partial charge in [-0.3, -0.25) is 0 Å². The molecule has 58 valence electrons. The minimum atomic E-state index is -0.568. The maximum absolute atomic E-state index is 5.71. The molecule has 1 atom stereocenters. The third-order valence-electron chi connectivity index (χ3n) is 1.20. The summed E-state index contributed by atoms with van der Waals surface area (Å²) < 4.78 is 1.60. The Kier molecular flexibility index (Phi) is 4.01. The Morgan fingerprint density at radius 2 is 2.11 bits per heavy atom. The molecule has 0 amide bonds. The predicted octanol–water partition coefficient (Wildman–Crippen LogP) is 0.737. The summed E-state index contributed by atoms with van der Waals surface area (Å²) in [4.78, 5) is -0.568. The van der Waals surface area contributed by atoms with E-state index in [-0.39, 0.29) is 21.1 Å². The SMILES string of the molecule is N[C@@]1(Cl)CCN(Cl)C1.[Pt]. The number of nitrogens with two attached hydrogens (primary N) is 1. The summed E-state index contributed by atoms with van der Waals surface area (Å²) in [5.74, 6) is 0. The molecule has 0 radical (unpaired) electrons. The third kappa shape index (κ3) is 3.20. The molecule has 0 aromatic carbocycles. The van der Waals surface area contributed by atoms with Gasteiger partial charge in [-0.25, -0.2) is 4.42 Å². The quantitative estimate of drug-likeness (QED) is 0.397. The Morgan fingerprint density at radius 1 is 1.56 bits per heavy atom. The Balaban J connectivity index is 0.000000640. The Hall–Kier alpha value is 1.19. The molecule has 1 aliphatic heterocycles. The van der Waals surface area contributed by atoms with E-state index in [1.807, 2.05) is 0 Å². The first-order valence-corrected chi connectivity index (χ1v) is 3.20. The Bertz CT molecular complexity index is 98.6. The fourth-order valence-corrected chi connectivity index (χ4v) is 1.34. The Labute approximate surface area is 79.0 Å². The molecule has 0 aliphatic carbocycles. The molecule has 0 aromatic heterocycles. The van der Waals surface area contributed by atoms with Gasteiger partial charge in [0.2, 0.25) is 0 Å². The number of nitrogens with zero attached hydrogens (tertiary/aromatic N) is 1. The second kappa shape index (κ2) is 3.54. The first-order valence-electron chi connectivity index (χ1n) is 2.49.